The van der Waals surface area contributed by atoms with Crippen LogP contribution in [0.1, 0.15) is 11.7 Å². The number of rotatable bonds is 4. The maximum Gasteiger partial charge on any atom is 0.137 e. The first kappa shape index (κ1) is 12.6. The second-order valence-electron chi connectivity index (χ2n) is 3.03. The number of alkyl halides is 1. The van der Waals surface area contributed by atoms with Gasteiger partial charge >= 0.3 is 0 Å². The molecule has 0 aromatic heterocycles. The fourth-order valence-corrected chi connectivity index (χ4v) is 1.69. The van der Waals surface area contributed by atoms with E-state index in [1.54, 1.807) is 18.2 Å². The molecule has 2 atom stereocenters. The minimum absolute atomic E-state index is 0.0608. The molecule has 5 heteroatoms. The van der Waals surface area contributed by atoms with Gasteiger partial charge in [-0.1, -0.05) is 23.7 Å². The summed E-state index contributed by atoms with van der Waals surface area (Å²) in [6.45, 7) is 0. The molecular formula is C10H12Cl2O3. The van der Waals surface area contributed by atoms with Gasteiger partial charge in [-0.25, -0.2) is 0 Å². The molecule has 1 rings (SSSR count). The number of ether oxygens (including phenoxy) is 1. The molecule has 2 unspecified atom stereocenters. The van der Waals surface area contributed by atoms with Crippen molar-refractivity contribution >= 4 is 23.2 Å². The summed E-state index contributed by atoms with van der Waals surface area (Å²) in [5, 5.41) is 19.4. The second-order valence-corrected chi connectivity index (χ2v) is 3.72. The summed E-state index contributed by atoms with van der Waals surface area (Å²) in [6.07, 6.45) is -2.15. The summed E-state index contributed by atoms with van der Waals surface area (Å²) in [6, 6.07) is 4.97. The summed E-state index contributed by atoms with van der Waals surface area (Å²) in [4.78, 5) is 0. The first-order valence-electron chi connectivity index (χ1n) is 4.36. The average Bonchev–Trinajstić information content (AvgIpc) is 2.27. The molecule has 0 fully saturated rings. The summed E-state index contributed by atoms with van der Waals surface area (Å²) in [5.74, 6) is 0.393. The molecule has 0 radical (unpaired) electrons. The molecule has 0 saturated carbocycles. The Morgan fingerprint density at radius 2 is 2.07 bits per heavy atom. The van der Waals surface area contributed by atoms with E-state index in [1.165, 1.54) is 7.11 Å². The topological polar surface area (TPSA) is 49.7 Å². The fourth-order valence-electron chi connectivity index (χ4n) is 1.21. The first-order valence-corrected chi connectivity index (χ1v) is 5.27. The molecule has 0 aliphatic rings. The van der Waals surface area contributed by atoms with E-state index >= 15 is 0 Å². The van der Waals surface area contributed by atoms with Crippen molar-refractivity contribution in [2.24, 2.45) is 0 Å². The molecule has 1 aromatic rings. The maximum absolute atomic E-state index is 9.72. The largest absolute Gasteiger partial charge is 0.495 e. The lowest BCUT2D eigenvalue weighted by Gasteiger charge is -2.18. The Morgan fingerprint density at radius 3 is 2.60 bits per heavy atom. The summed E-state index contributed by atoms with van der Waals surface area (Å²) >= 11 is 11.4. The quantitative estimate of drug-likeness (QED) is 0.804. The van der Waals surface area contributed by atoms with Gasteiger partial charge in [-0.3, -0.25) is 0 Å². The van der Waals surface area contributed by atoms with E-state index in [-0.39, 0.29) is 10.9 Å². The molecule has 1 aromatic carbocycles. The third-order valence-electron chi connectivity index (χ3n) is 2.05. The highest BCUT2D eigenvalue weighted by molar-refractivity contribution is 6.32. The Hall–Kier alpha value is -0.480. The Balaban J connectivity index is 3.03. The van der Waals surface area contributed by atoms with Gasteiger partial charge < -0.3 is 14.9 Å². The smallest absolute Gasteiger partial charge is 0.137 e. The Bertz CT molecular complexity index is 330. The Kier molecular flexibility index (Phi) is 4.67. The van der Waals surface area contributed by atoms with Crippen LogP contribution in [0.15, 0.2) is 18.2 Å². The molecule has 0 aliphatic heterocycles. The van der Waals surface area contributed by atoms with Crippen LogP contribution >= 0.6 is 23.2 Å². The van der Waals surface area contributed by atoms with Crippen LogP contribution in [0.2, 0.25) is 5.02 Å². The lowest BCUT2D eigenvalue weighted by molar-refractivity contribution is 0.0327. The van der Waals surface area contributed by atoms with Gasteiger partial charge in [0.25, 0.3) is 0 Å². The zero-order valence-corrected chi connectivity index (χ0v) is 9.66. The third-order valence-corrected chi connectivity index (χ3v) is 2.77. The number of hydrogen-bond donors (Lipinski definition) is 2. The first-order chi connectivity index (χ1) is 7.11. The van der Waals surface area contributed by atoms with E-state index in [9.17, 15) is 10.2 Å². The van der Waals surface area contributed by atoms with E-state index in [0.29, 0.717) is 11.3 Å². The van der Waals surface area contributed by atoms with Crippen LogP contribution in [-0.2, 0) is 0 Å². The lowest BCUT2D eigenvalue weighted by Crippen LogP contribution is -2.20. The minimum Gasteiger partial charge on any atom is -0.495 e. The van der Waals surface area contributed by atoms with Gasteiger partial charge in [0.15, 0.2) is 0 Å². The molecular weight excluding hydrogens is 239 g/mol. The number of methoxy groups -OCH3 is 1. The summed E-state index contributed by atoms with van der Waals surface area (Å²) in [7, 11) is 1.48. The number of aliphatic hydroxyl groups is 2. The van der Waals surface area contributed by atoms with Crippen molar-refractivity contribution in [3.8, 4) is 5.75 Å². The highest BCUT2D eigenvalue weighted by atomic mass is 35.5. The van der Waals surface area contributed by atoms with Gasteiger partial charge in [-0.15, -0.1) is 11.6 Å². The van der Waals surface area contributed by atoms with Crippen LogP contribution in [-0.4, -0.2) is 29.3 Å². The zero-order valence-electron chi connectivity index (χ0n) is 8.15. The maximum atomic E-state index is 9.72. The van der Waals surface area contributed by atoms with Crippen LogP contribution in [0.25, 0.3) is 0 Å². The summed E-state index contributed by atoms with van der Waals surface area (Å²) < 4.78 is 4.99. The zero-order chi connectivity index (χ0) is 11.4. The number of aliphatic hydroxyl groups excluding tert-OH is 2. The molecule has 0 amide bonds. The Labute approximate surface area is 98.2 Å². The van der Waals surface area contributed by atoms with Gasteiger partial charge in [-0.2, -0.15) is 0 Å². The van der Waals surface area contributed by atoms with Gasteiger partial charge in [0.05, 0.1) is 24.1 Å². The number of halogens is 2. The second kappa shape index (κ2) is 5.56. The van der Waals surface area contributed by atoms with Crippen molar-refractivity contribution in [3.05, 3.63) is 28.8 Å². The van der Waals surface area contributed by atoms with Gasteiger partial charge in [0.1, 0.15) is 11.9 Å². The van der Waals surface area contributed by atoms with Gasteiger partial charge in [0, 0.05) is 5.56 Å². The predicted octanol–water partition coefficient (Wildman–Crippen LogP) is 1.98. The molecule has 2 N–H and O–H groups in total. The van der Waals surface area contributed by atoms with Gasteiger partial charge in [0.2, 0.25) is 0 Å². The monoisotopic (exact) mass is 250 g/mol. The molecule has 0 spiro atoms. The van der Waals surface area contributed by atoms with Gasteiger partial charge in [-0.05, 0) is 6.07 Å². The SMILES string of the molecule is COc1cccc(C(O)C(O)CCl)c1Cl. The normalized spacial score (nSPS) is 14.7. The van der Waals surface area contributed by atoms with Crippen molar-refractivity contribution in [2.75, 3.05) is 13.0 Å². The van der Waals surface area contributed by atoms with Crippen LogP contribution in [0.3, 0.4) is 0 Å². The highest BCUT2D eigenvalue weighted by Gasteiger charge is 2.21. The van der Waals surface area contributed by atoms with E-state index in [1.807, 2.05) is 0 Å². The average molecular weight is 251 g/mol. The third kappa shape index (κ3) is 2.75. The number of benzene rings is 1. The van der Waals surface area contributed by atoms with Crippen molar-refractivity contribution in [3.63, 3.8) is 0 Å². The van der Waals surface area contributed by atoms with E-state index in [0.717, 1.165) is 0 Å². The van der Waals surface area contributed by atoms with E-state index in [2.05, 4.69) is 0 Å². The van der Waals surface area contributed by atoms with Crippen LogP contribution in [0, 0.1) is 0 Å². The van der Waals surface area contributed by atoms with Crippen molar-refractivity contribution < 1.29 is 14.9 Å². The lowest BCUT2D eigenvalue weighted by atomic mass is 10.1. The van der Waals surface area contributed by atoms with E-state index < -0.39 is 12.2 Å². The minimum atomic E-state index is -1.11. The number of hydrogen-bond acceptors (Lipinski definition) is 3. The fraction of sp³-hybridized carbons (Fsp3) is 0.400. The molecule has 0 aliphatic carbocycles. The predicted molar refractivity (Wildman–Crippen MR) is 59.7 cm³/mol. The molecule has 3 nitrogen and oxygen atoms in total. The van der Waals surface area contributed by atoms with Crippen LogP contribution < -0.4 is 4.74 Å². The van der Waals surface area contributed by atoms with E-state index in [4.69, 9.17) is 27.9 Å². The highest BCUT2D eigenvalue weighted by Crippen LogP contribution is 2.33. The Morgan fingerprint density at radius 1 is 1.40 bits per heavy atom. The molecule has 15 heavy (non-hydrogen) atoms. The van der Waals surface area contributed by atoms with Crippen LogP contribution in [0.4, 0.5) is 0 Å². The van der Waals surface area contributed by atoms with Crippen LogP contribution in [0.5, 0.6) is 5.75 Å². The molecule has 0 heterocycles. The standard InChI is InChI=1S/C10H12Cl2O3/c1-15-8-4-2-3-6(9(8)12)10(14)7(13)5-11/h2-4,7,10,13-14H,5H2,1H3. The van der Waals surface area contributed by atoms with Crippen molar-refractivity contribution in [1.82, 2.24) is 0 Å². The molecule has 0 saturated heterocycles. The van der Waals surface area contributed by atoms with Crippen molar-refractivity contribution in [1.29, 1.82) is 0 Å². The summed E-state index contributed by atoms with van der Waals surface area (Å²) in [5.41, 5.74) is 0.407. The van der Waals surface area contributed by atoms with Crippen molar-refractivity contribution in [2.45, 2.75) is 12.2 Å². The molecule has 84 valence electrons. The molecule has 0 bridgehead atoms.